The first-order chi connectivity index (χ1) is 12.6. The minimum atomic E-state index is -0.691. The van der Waals surface area contributed by atoms with Crippen molar-refractivity contribution in [3.05, 3.63) is 42.4 Å². The molecular weight excluding hydrogens is 330 g/mol. The molecular formula is C19H21N5O2. The number of hydrogen-bond donors (Lipinski definition) is 0. The SMILES string of the molecule is CN1CCCC2(CCCN2C(=O)c2cnc(-c3ccccn3)nc2)C1=O. The molecule has 1 unspecified atom stereocenters. The standard InChI is InChI=1S/C19H21N5O2/c1-23-10-4-7-19(18(23)26)8-5-11-24(19)17(25)14-12-21-16(22-13-14)15-6-2-3-9-20-15/h2-3,6,9,12-13H,4-5,7-8,10-11H2,1H3. The molecule has 0 aliphatic carbocycles. The molecule has 7 nitrogen and oxygen atoms in total. The van der Waals surface area contributed by atoms with Crippen LogP contribution in [-0.4, -0.2) is 62.2 Å². The molecule has 2 amide bonds. The number of likely N-dealkylation sites (N-methyl/N-ethyl adjacent to an activating group) is 1. The molecule has 7 heteroatoms. The van der Waals surface area contributed by atoms with Gasteiger partial charge in [0.05, 0.1) is 5.56 Å². The molecule has 26 heavy (non-hydrogen) atoms. The van der Waals surface area contributed by atoms with Crippen molar-refractivity contribution >= 4 is 11.8 Å². The van der Waals surface area contributed by atoms with E-state index in [-0.39, 0.29) is 11.8 Å². The average Bonchev–Trinajstić information content (AvgIpc) is 3.11. The first-order valence-corrected chi connectivity index (χ1v) is 8.93. The van der Waals surface area contributed by atoms with E-state index in [1.54, 1.807) is 16.0 Å². The van der Waals surface area contributed by atoms with Gasteiger partial charge in [0.2, 0.25) is 5.91 Å². The van der Waals surface area contributed by atoms with Gasteiger partial charge in [0.1, 0.15) is 11.2 Å². The van der Waals surface area contributed by atoms with Crippen molar-refractivity contribution in [2.45, 2.75) is 31.2 Å². The van der Waals surface area contributed by atoms with Crippen molar-refractivity contribution in [2.24, 2.45) is 0 Å². The highest BCUT2D eigenvalue weighted by Crippen LogP contribution is 2.38. The Morgan fingerprint density at radius 1 is 1.08 bits per heavy atom. The monoisotopic (exact) mass is 351 g/mol. The van der Waals surface area contributed by atoms with Crippen LogP contribution in [0.4, 0.5) is 0 Å². The van der Waals surface area contributed by atoms with Crippen LogP contribution in [0.15, 0.2) is 36.8 Å². The Hall–Kier alpha value is -2.83. The van der Waals surface area contributed by atoms with Gasteiger partial charge in [-0.2, -0.15) is 0 Å². The second-order valence-corrected chi connectivity index (χ2v) is 6.93. The molecule has 0 N–H and O–H groups in total. The number of amides is 2. The van der Waals surface area contributed by atoms with Crippen molar-refractivity contribution in [1.82, 2.24) is 24.8 Å². The van der Waals surface area contributed by atoms with Crippen LogP contribution < -0.4 is 0 Å². The molecule has 0 aromatic carbocycles. The molecule has 2 aromatic heterocycles. The van der Waals surface area contributed by atoms with Crippen LogP contribution in [0.1, 0.15) is 36.0 Å². The molecule has 2 aliphatic heterocycles. The minimum Gasteiger partial charge on any atom is -0.344 e. The van der Waals surface area contributed by atoms with Gasteiger partial charge in [-0.1, -0.05) is 6.07 Å². The molecule has 0 saturated carbocycles. The Morgan fingerprint density at radius 3 is 2.50 bits per heavy atom. The van der Waals surface area contributed by atoms with Crippen LogP contribution in [0.3, 0.4) is 0 Å². The number of aromatic nitrogens is 3. The summed E-state index contributed by atoms with van der Waals surface area (Å²) >= 11 is 0. The largest absolute Gasteiger partial charge is 0.344 e. The van der Waals surface area contributed by atoms with E-state index in [0.717, 1.165) is 32.2 Å². The first-order valence-electron chi connectivity index (χ1n) is 8.93. The smallest absolute Gasteiger partial charge is 0.257 e. The Labute approximate surface area is 152 Å². The van der Waals surface area contributed by atoms with Crippen LogP contribution in [0.2, 0.25) is 0 Å². The number of likely N-dealkylation sites (tertiary alicyclic amines) is 2. The highest BCUT2D eigenvalue weighted by molar-refractivity contribution is 5.99. The number of carbonyl (C=O) groups excluding carboxylic acids is 2. The summed E-state index contributed by atoms with van der Waals surface area (Å²) in [4.78, 5) is 42.2. The van der Waals surface area contributed by atoms with Crippen LogP contribution >= 0.6 is 0 Å². The lowest BCUT2D eigenvalue weighted by Crippen LogP contribution is -2.60. The van der Waals surface area contributed by atoms with Gasteiger partial charge in [-0.3, -0.25) is 14.6 Å². The molecule has 1 atom stereocenters. The molecule has 4 heterocycles. The van der Waals surface area contributed by atoms with Gasteiger partial charge in [-0.05, 0) is 37.8 Å². The van der Waals surface area contributed by atoms with E-state index in [9.17, 15) is 9.59 Å². The number of rotatable bonds is 2. The first kappa shape index (κ1) is 16.6. The second-order valence-electron chi connectivity index (χ2n) is 6.93. The average molecular weight is 351 g/mol. The van der Waals surface area contributed by atoms with Gasteiger partial charge >= 0.3 is 0 Å². The fourth-order valence-corrected chi connectivity index (χ4v) is 4.05. The van der Waals surface area contributed by atoms with E-state index in [2.05, 4.69) is 15.0 Å². The third-order valence-electron chi connectivity index (χ3n) is 5.36. The van der Waals surface area contributed by atoms with Gasteiger partial charge in [0.15, 0.2) is 5.82 Å². The highest BCUT2D eigenvalue weighted by Gasteiger charge is 2.52. The van der Waals surface area contributed by atoms with Crippen LogP contribution in [0.25, 0.3) is 11.5 Å². The van der Waals surface area contributed by atoms with Crippen LogP contribution in [0.5, 0.6) is 0 Å². The Balaban J connectivity index is 1.60. The quantitative estimate of drug-likeness (QED) is 0.824. The van der Waals surface area contributed by atoms with E-state index in [1.807, 2.05) is 25.2 Å². The molecule has 2 aliphatic rings. The number of carbonyl (C=O) groups is 2. The van der Waals surface area contributed by atoms with Crippen LogP contribution in [0, 0.1) is 0 Å². The molecule has 2 aromatic rings. The van der Waals surface area contributed by atoms with Gasteiger partial charge in [-0.25, -0.2) is 9.97 Å². The van der Waals surface area contributed by atoms with Gasteiger partial charge < -0.3 is 9.80 Å². The summed E-state index contributed by atoms with van der Waals surface area (Å²) in [6, 6.07) is 5.51. The number of hydrogen-bond acceptors (Lipinski definition) is 5. The molecule has 0 radical (unpaired) electrons. The summed E-state index contributed by atoms with van der Waals surface area (Å²) in [7, 11) is 1.81. The molecule has 2 fully saturated rings. The zero-order valence-corrected chi connectivity index (χ0v) is 14.8. The molecule has 134 valence electrons. The lowest BCUT2D eigenvalue weighted by molar-refractivity contribution is -0.144. The van der Waals surface area contributed by atoms with Crippen molar-refractivity contribution < 1.29 is 9.59 Å². The third kappa shape index (κ3) is 2.64. The maximum Gasteiger partial charge on any atom is 0.257 e. The summed E-state index contributed by atoms with van der Waals surface area (Å²) in [5.74, 6) is 0.367. The summed E-state index contributed by atoms with van der Waals surface area (Å²) < 4.78 is 0. The Bertz CT molecular complexity index is 824. The van der Waals surface area contributed by atoms with Crippen LogP contribution in [-0.2, 0) is 4.79 Å². The normalized spacial score (nSPS) is 22.9. The third-order valence-corrected chi connectivity index (χ3v) is 5.36. The lowest BCUT2D eigenvalue weighted by atomic mass is 9.85. The maximum atomic E-state index is 13.1. The Kier molecular flexibility index (Phi) is 4.14. The predicted molar refractivity (Wildman–Crippen MR) is 95.1 cm³/mol. The fourth-order valence-electron chi connectivity index (χ4n) is 4.05. The molecule has 4 rings (SSSR count). The lowest BCUT2D eigenvalue weighted by Gasteiger charge is -2.43. The summed E-state index contributed by atoms with van der Waals surface area (Å²) in [5, 5.41) is 0. The van der Waals surface area contributed by atoms with Gasteiger partial charge in [0.25, 0.3) is 5.91 Å². The van der Waals surface area contributed by atoms with E-state index in [1.165, 1.54) is 12.4 Å². The van der Waals surface area contributed by atoms with Gasteiger partial charge in [-0.15, -0.1) is 0 Å². The minimum absolute atomic E-state index is 0.0561. The summed E-state index contributed by atoms with van der Waals surface area (Å²) in [6.07, 6.45) is 7.96. The zero-order valence-electron chi connectivity index (χ0n) is 14.8. The highest BCUT2D eigenvalue weighted by atomic mass is 16.2. The van der Waals surface area contributed by atoms with E-state index >= 15 is 0 Å². The van der Waals surface area contributed by atoms with Crippen molar-refractivity contribution in [2.75, 3.05) is 20.1 Å². The van der Waals surface area contributed by atoms with E-state index < -0.39 is 5.54 Å². The molecule has 1 spiro atoms. The number of nitrogens with zero attached hydrogens (tertiary/aromatic N) is 5. The number of piperidine rings is 1. The number of pyridine rings is 1. The van der Waals surface area contributed by atoms with Crippen molar-refractivity contribution in [3.8, 4) is 11.5 Å². The van der Waals surface area contributed by atoms with E-state index in [4.69, 9.17) is 0 Å². The summed E-state index contributed by atoms with van der Waals surface area (Å²) in [6.45, 7) is 1.35. The molecule has 0 bridgehead atoms. The maximum absolute atomic E-state index is 13.1. The van der Waals surface area contributed by atoms with Crippen molar-refractivity contribution in [1.29, 1.82) is 0 Å². The van der Waals surface area contributed by atoms with E-state index in [0.29, 0.717) is 23.6 Å². The predicted octanol–water partition coefficient (Wildman–Crippen LogP) is 1.77. The Morgan fingerprint density at radius 2 is 1.81 bits per heavy atom. The molecule has 2 saturated heterocycles. The van der Waals surface area contributed by atoms with Crippen molar-refractivity contribution in [3.63, 3.8) is 0 Å². The topological polar surface area (TPSA) is 79.3 Å². The zero-order chi connectivity index (χ0) is 18.1. The second kappa shape index (κ2) is 6.48. The fraction of sp³-hybridized carbons (Fsp3) is 0.421. The van der Waals surface area contributed by atoms with Gasteiger partial charge in [0, 0.05) is 38.7 Å². The summed E-state index contributed by atoms with van der Waals surface area (Å²) in [5.41, 5.74) is 0.379.